The molecule has 2 atom stereocenters. The molecule has 0 aromatic rings. The summed E-state index contributed by atoms with van der Waals surface area (Å²) in [7, 11) is 0. The van der Waals surface area contributed by atoms with Crippen LogP contribution in [0.4, 0.5) is 0 Å². The summed E-state index contributed by atoms with van der Waals surface area (Å²) in [6.07, 6.45) is -1.27. The first kappa shape index (κ1) is 11.1. The van der Waals surface area contributed by atoms with Crippen LogP contribution in [0.2, 0.25) is 0 Å². The third-order valence-corrected chi connectivity index (χ3v) is 1.32. The topological polar surface area (TPSA) is 66.8 Å². The van der Waals surface area contributed by atoms with Crippen LogP contribution < -0.4 is 0 Å². The van der Waals surface area contributed by atoms with Gasteiger partial charge in [-0.2, -0.15) is 0 Å². The second-order valence-electron chi connectivity index (χ2n) is 2.14. The van der Waals surface area contributed by atoms with E-state index in [1.807, 2.05) is 0 Å². The van der Waals surface area contributed by atoms with E-state index in [0.29, 0.717) is 0 Å². The second-order valence-corrected chi connectivity index (χ2v) is 2.56. The molecule has 0 amide bonds. The molecule has 0 spiro atoms. The van der Waals surface area contributed by atoms with E-state index < -0.39 is 23.2 Å². The molecule has 0 aromatic heterocycles. The van der Waals surface area contributed by atoms with Gasteiger partial charge in [0.15, 0.2) is 6.10 Å². The van der Waals surface area contributed by atoms with Gasteiger partial charge in [0.2, 0.25) is 5.05 Å². The average Bonchev–Trinajstić information content (AvgIpc) is 1.98. The highest BCUT2D eigenvalue weighted by Gasteiger charge is 2.22. The summed E-state index contributed by atoms with van der Waals surface area (Å²) in [4.78, 5) is 10.6. The van der Waals surface area contributed by atoms with E-state index in [-0.39, 0.29) is 0 Å². The van der Waals surface area contributed by atoms with Crippen LogP contribution in [0.25, 0.3) is 0 Å². The van der Waals surface area contributed by atoms with Crippen molar-refractivity contribution in [3.8, 4) is 0 Å². The fraction of sp³-hybridized carbons (Fsp3) is 0.429. The van der Waals surface area contributed by atoms with Crippen molar-refractivity contribution < 1.29 is 19.7 Å². The lowest BCUT2D eigenvalue weighted by atomic mass is 10.2. The molecule has 12 heavy (non-hydrogen) atoms. The summed E-state index contributed by atoms with van der Waals surface area (Å²) in [6.45, 7) is 4.50. The van der Waals surface area contributed by atoms with Crippen LogP contribution in [-0.2, 0) is 9.53 Å². The Morgan fingerprint density at radius 3 is 2.50 bits per heavy atom. The first-order chi connectivity index (χ1) is 5.49. The number of hydrogen-bond donors (Lipinski definition) is 2. The van der Waals surface area contributed by atoms with Crippen molar-refractivity contribution in [2.24, 2.45) is 0 Å². The molecule has 2 N–H and O–H groups in total. The number of thiocarbonyl (C=S) groups is 1. The number of aliphatic hydroxyl groups excluding tert-OH is 2. The van der Waals surface area contributed by atoms with Gasteiger partial charge in [-0.15, -0.1) is 0 Å². The maximum absolute atomic E-state index is 10.6. The van der Waals surface area contributed by atoms with Crippen LogP contribution in [0.5, 0.6) is 0 Å². The van der Waals surface area contributed by atoms with Crippen molar-refractivity contribution in [1.82, 2.24) is 0 Å². The Hall–Kier alpha value is -0.940. The van der Waals surface area contributed by atoms with Crippen LogP contribution in [0.1, 0.15) is 6.92 Å². The van der Waals surface area contributed by atoms with Gasteiger partial charge in [0.1, 0.15) is 0 Å². The number of hydrogen-bond acceptors (Lipinski definition) is 4. The number of carbonyl (C=O) groups excluding carboxylic acids is 1. The Kier molecular flexibility index (Phi) is 4.46. The van der Waals surface area contributed by atoms with E-state index in [1.54, 1.807) is 0 Å². The van der Waals surface area contributed by atoms with Gasteiger partial charge in [-0.3, -0.25) is 0 Å². The minimum atomic E-state index is -1.16. The molecule has 0 aliphatic heterocycles. The molecule has 0 aliphatic rings. The Bertz CT molecular complexity index is 200. The third kappa shape index (κ3) is 3.45. The number of aliphatic hydroxyl groups is 2. The summed E-state index contributed by atoms with van der Waals surface area (Å²) in [5, 5.41) is 17.2. The maximum Gasteiger partial charge on any atom is 0.330 e. The highest BCUT2D eigenvalue weighted by atomic mass is 32.1. The minimum Gasteiger partial charge on any atom is -0.499 e. The van der Waals surface area contributed by atoms with Crippen LogP contribution >= 0.6 is 12.2 Å². The van der Waals surface area contributed by atoms with Crippen molar-refractivity contribution in [3.05, 3.63) is 12.7 Å². The lowest BCUT2D eigenvalue weighted by Crippen LogP contribution is -2.35. The fourth-order valence-corrected chi connectivity index (χ4v) is 0.774. The second kappa shape index (κ2) is 4.84. The van der Waals surface area contributed by atoms with E-state index in [0.717, 1.165) is 6.08 Å². The van der Waals surface area contributed by atoms with Gasteiger partial charge in [0.25, 0.3) is 0 Å². The number of carbonyl (C=O) groups is 1. The zero-order chi connectivity index (χ0) is 9.72. The normalized spacial score (nSPS) is 14.5. The quantitative estimate of drug-likeness (QED) is 0.380. The molecule has 0 saturated carbocycles. The molecule has 5 heteroatoms. The highest BCUT2D eigenvalue weighted by Crippen LogP contribution is 2.01. The SMILES string of the molecule is C=CC(=O)OC(C(O)=S)C(C)O. The van der Waals surface area contributed by atoms with Crippen LogP contribution in [0.3, 0.4) is 0 Å². The number of rotatable bonds is 4. The molecule has 0 rings (SSSR count). The molecular formula is C7H10O4S. The van der Waals surface area contributed by atoms with Gasteiger partial charge in [0.05, 0.1) is 6.10 Å². The maximum atomic E-state index is 10.6. The van der Waals surface area contributed by atoms with E-state index in [4.69, 9.17) is 10.2 Å². The number of ether oxygens (including phenoxy) is 1. The van der Waals surface area contributed by atoms with E-state index in [2.05, 4.69) is 23.5 Å². The molecule has 0 fully saturated rings. The molecule has 4 nitrogen and oxygen atoms in total. The standard InChI is InChI=1S/C7H10O4S/c1-3-5(9)11-6(4(2)8)7(10)12/h3-4,6,8H,1H2,2H3,(H,10,12). The van der Waals surface area contributed by atoms with Crippen molar-refractivity contribution in [2.75, 3.05) is 0 Å². The molecule has 0 aliphatic carbocycles. The molecule has 2 unspecified atom stereocenters. The molecule has 0 aromatic carbocycles. The molecule has 0 saturated heterocycles. The van der Waals surface area contributed by atoms with Crippen molar-refractivity contribution in [3.63, 3.8) is 0 Å². The van der Waals surface area contributed by atoms with Crippen LogP contribution in [0, 0.1) is 0 Å². The van der Waals surface area contributed by atoms with Gasteiger partial charge in [-0.25, -0.2) is 4.79 Å². The van der Waals surface area contributed by atoms with Gasteiger partial charge in [-0.1, -0.05) is 6.58 Å². The lowest BCUT2D eigenvalue weighted by molar-refractivity contribution is -0.144. The van der Waals surface area contributed by atoms with Crippen LogP contribution in [0.15, 0.2) is 12.7 Å². The summed E-state index contributed by atoms with van der Waals surface area (Å²) in [6, 6.07) is 0. The minimum absolute atomic E-state index is 0.555. The molecule has 0 bridgehead atoms. The largest absolute Gasteiger partial charge is 0.499 e. The average molecular weight is 190 g/mol. The Morgan fingerprint density at radius 2 is 2.25 bits per heavy atom. The fourth-order valence-electron chi connectivity index (χ4n) is 0.528. The predicted molar refractivity (Wildman–Crippen MR) is 47.0 cm³/mol. The van der Waals surface area contributed by atoms with Gasteiger partial charge in [-0.05, 0) is 19.1 Å². The number of esters is 1. The molecule has 68 valence electrons. The first-order valence-electron chi connectivity index (χ1n) is 3.23. The van der Waals surface area contributed by atoms with Crippen LogP contribution in [-0.4, -0.2) is 33.4 Å². The Balaban J connectivity index is 4.23. The van der Waals surface area contributed by atoms with Gasteiger partial charge in [0, 0.05) is 6.08 Å². The van der Waals surface area contributed by atoms with Crippen molar-refractivity contribution in [1.29, 1.82) is 0 Å². The highest BCUT2D eigenvalue weighted by molar-refractivity contribution is 7.80. The summed E-state index contributed by atoms with van der Waals surface area (Å²) < 4.78 is 4.52. The first-order valence-corrected chi connectivity index (χ1v) is 3.63. The van der Waals surface area contributed by atoms with Gasteiger partial charge >= 0.3 is 5.97 Å². The zero-order valence-corrected chi connectivity index (χ0v) is 7.37. The molecule has 0 heterocycles. The summed E-state index contributed by atoms with van der Waals surface area (Å²) in [5.41, 5.74) is 0. The van der Waals surface area contributed by atoms with Crippen molar-refractivity contribution in [2.45, 2.75) is 19.1 Å². The monoisotopic (exact) mass is 190 g/mol. The smallest absolute Gasteiger partial charge is 0.330 e. The summed E-state index contributed by atoms with van der Waals surface area (Å²) >= 11 is 4.34. The Morgan fingerprint density at radius 1 is 1.75 bits per heavy atom. The third-order valence-electron chi connectivity index (χ3n) is 1.09. The van der Waals surface area contributed by atoms with E-state index in [1.165, 1.54) is 6.92 Å². The molecule has 0 radical (unpaired) electrons. The van der Waals surface area contributed by atoms with Gasteiger partial charge < -0.3 is 14.9 Å². The summed E-state index contributed by atoms with van der Waals surface area (Å²) in [5.74, 6) is -0.739. The van der Waals surface area contributed by atoms with E-state index >= 15 is 0 Å². The molecular weight excluding hydrogens is 180 g/mol. The van der Waals surface area contributed by atoms with E-state index in [9.17, 15) is 4.79 Å². The lowest BCUT2D eigenvalue weighted by Gasteiger charge is -2.16. The zero-order valence-electron chi connectivity index (χ0n) is 6.56. The predicted octanol–water partition coefficient (Wildman–Crippen LogP) is 0.350. The van der Waals surface area contributed by atoms with Crippen molar-refractivity contribution >= 4 is 23.2 Å². The Labute approximate surface area is 75.5 Å².